The second kappa shape index (κ2) is 9.58. The second-order valence-corrected chi connectivity index (χ2v) is 16.1. The van der Waals surface area contributed by atoms with Crippen LogP contribution in [0.4, 0.5) is 0 Å². The standard InChI is InChI=1S/C38H23IN2S/c1-2-11-27-24(9-1)10-7-16-29(27)34-23-39-37(40-41-38(39)33-14-4-3-12-30(33)34)26-21-19-25(20-22-26)28-15-8-17-32-31-13-5-6-18-35(31)42-36(28)32/h1-23H. The van der Waals surface area contributed by atoms with Gasteiger partial charge < -0.3 is 0 Å². The van der Waals surface area contributed by atoms with Gasteiger partial charge in [-0.05, 0) is 0 Å². The average molecular weight is 667 g/mol. The molecule has 2 aliphatic rings. The molecule has 2 aliphatic heterocycles. The normalized spacial score (nSPS) is 15.0. The number of fused-ring (bicyclic) bond motifs is 7. The van der Waals surface area contributed by atoms with Crippen LogP contribution in [0.1, 0.15) is 22.3 Å². The summed E-state index contributed by atoms with van der Waals surface area (Å²) in [7, 11) is 0. The average Bonchev–Trinajstić information content (AvgIpc) is 3.66. The summed E-state index contributed by atoms with van der Waals surface area (Å²) in [5, 5.41) is 14.9. The van der Waals surface area contributed by atoms with Gasteiger partial charge in [0.05, 0.1) is 0 Å². The van der Waals surface area contributed by atoms with Crippen molar-refractivity contribution < 1.29 is 0 Å². The zero-order chi connectivity index (χ0) is 27.6. The third-order valence-corrected chi connectivity index (χ3v) is 14.5. The number of rotatable bonds is 3. The van der Waals surface area contributed by atoms with E-state index in [0.29, 0.717) is 0 Å². The van der Waals surface area contributed by atoms with E-state index in [1.54, 1.807) is 0 Å². The van der Waals surface area contributed by atoms with Crippen LogP contribution in [0.5, 0.6) is 0 Å². The van der Waals surface area contributed by atoms with Gasteiger partial charge in [0.2, 0.25) is 0 Å². The van der Waals surface area contributed by atoms with Gasteiger partial charge in [0.25, 0.3) is 0 Å². The molecule has 0 aliphatic carbocycles. The van der Waals surface area contributed by atoms with Gasteiger partial charge in [0.1, 0.15) is 0 Å². The summed E-state index contributed by atoms with van der Waals surface area (Å²) in [4.78, 5) is 0. The number of halogens is 1. The monoisotopic (exact) mass is 666 g/mol. The predicted octanol–water partition coefficient (Wildman–Crippen LogP) is 10.9. The van der Waals surface area contributed by atoms with E-state index in [-0.39, 0.29) is 0 Å². The molecule has 0 radical (unpaired) electrons. The fourth-order valence-corrected chi connectivity index (χ4v) is 12.6. The summed E-state index contributed by atoms with van der Waals surface area (Å²) in [5.41, 5.74) is 8.79. The SMILES string of the molecule is C1=C(c2cccc3ccccc23)c2ccccc2C2=NN=C(c3ccc(-c4cccc5c4sc4ccccc45)cc3)I12. The summed E-state index contributed by atoms with van der Waals surface area (Å²) < 4.78 is 7.56. The Morgan fingerprint density at radius 2 is 1.07 bits per heavy atom. The molecule has 0 spiro atoms. The van der Waals surface area contributed by atoms with Crippen LogP contribution in [0.25, 0.3) is 47.6 Å². The molecule has 0 saturated heterocycles. The topological polar surface area (TPSA) is 24.7 Å². The Morgan fingerprint density at radius 3 is 1.98 bits per heavy atom. The van der Waals surface area contributed by atoms with Crippen LogP contribution in [0, 0.1) is 0 Å². The van der Waals surface area contributed by atoms with E-state index >= 15 is 0 Å². The van der Waals surface area contributed by atoms with Gasteiger partial charge in [0.15, 0.2) is 0 Å². The van der Waals surface area contributed by atoms with Crippen LogP contribution in [0.2, 0.25) is 0 Å². The van der Waals surface area contributed by atoms with Crippen molar-refractivity contribution >= 4 is 75.1 Å². The Balaban J connectivity index is 1.13. The summed E-state index contributed by atoms with van der Waals surface area (Å²) in [5.74, 6) is 0. The molecule has 4 heteroatoms. The molecule has 2 nitrogen and oxygen atoms in total. The molecule has 0 amide bonds. The summed E-state index contributed by atoms with van der Waals surface area (Å²) in [6, 6.07) is 48.4. The van der Waals surface area contributed by atoms with Crippen LogP contribution >= 0.6 is 31.2 Å². The van der Waals surface area contributed by atoms with Crippen LogP contribution in [0.15, 0.2) is 148 Å². The maximum absolute atomic E-state index is 4.85. The first-order chi connectivity index (χ1) is 20.8. The molecular weight excluding hydrogens is 643 g/mol. The van der Waals surface area contributed by atoms with Gasteiger partial charge in [-0.2, -0.15) is 0 Å². The fraction of sp³-hybridized carbons (Fsp3) is 0. The van der Waals surface area contributed by atoms with E-state index in [4.69, 9.17) is 10.2 Å². The van der Waals surface area contributed by atoms with E-state index in [1.807, 2.05) is 11.3 Å². The summed E-state index contributed by atoms with van der Waals surface area (Å²) in [6.07, 6.45) is 0. The minimum absolute atomic E-state index is 1.16. The van der Waals surface area contributed by atoms with Crippen molar-refractivity contribution in [2.24, 2.45) is 10.2 Å². The molecule has 1 aromatic heterocycles. The molecule has 0 fully saturated rings. The number of hydrogen-bond acceptors (Lipinski definition) is 3. The zero-order valence-corrected chi connectivity index (χ0v) is 25.4. The van der Waals surface area contributed by atoms with Crippen molar-refractivity contribution in [1.29, 1.82) is 0 Å². The molecule has 6 aromatic carbocycles. The summed E-state index contributed by atoms with van der Waals surface area (Å²) >= 11 is -0.137. The molecule has 0 N–H and O–H groups in total. The molecule has 0 unspecified atom stereocenters. The van der Waals surface area contributed by atoms with E-state index in [1.165, 1.54) is 73.6 Å². The molecule has 3 heterocycles. The van der Waals surface area contributed by atoms with E-state index in [9.17, 15) is 0 Å². The van der Waals surface area contributed by atoms with Crippen molar-refractivity contribution in [2.45, 2.75) is 0 Å². The molecule has 9 rings (SSSR count). The van der Waals surface area contributed by atoms with Crippen molar-refractivity contribution in [3.63, 3.8) is 0 Å². The van der Waals surface area contributed by atoms with Crippen LogP contribution < -0.4 is 0 Å². The Labute approximate surface area is 254 Å². The maximum atomic E-state index is 4.85. The molecule has 198 valence electrons. The molecule has 0 bridgehead atoms. The summed E-state index contributed by atoms with van der Waals surface area (Å²) in [6.45, 7) is 0. The Kier molecular flexibility index (Phi) is 5.53. The Bertz CT molecular complexity index is 2300. The third kappa shape index (κ3) is 3.68. The number of hydrogen-bond donors (Lipinski definition) is 0. The molecular formula is C38H23IN2S. The third-order valence-electron chi connectivity index (χ3n) is 8.19. The van der Waals surface area contributed by atoms with Crippen molar-refractivity contribution in [1.82, 2.24) is 0 Å². The first-order valence-electron chi connectivity index (χ1n) is 14.0. The van der Waals surface area contributed by atoms with Gasteiger partial charge in [0, 0.05) is 0 Å². The Hall–Kier alpha value is -4.39. The quantitative estimate of drug-likeness (QED) is 0.168. The van der Waals surface area contributed by atoms with Gasteiger partial charge in [-0.3, -0.25) is 0 Å². The van der Waals surface area contributed by atoms with Crippen molar-refractivity contribution in [3.05, 3.63) is 160 Å². The Morgan fingerprint density at radius 1 is 0.452 bits per heavy atom. The number of thiophene rings is 1. The van der Waals surface area contributed by atoms with E-state index < -0.39 is 19.8 Å². The number of benzene rings is 6. The van der Waals surface area contributed by atoms with E-state index in [2.05, 4.69) is 138 Å². The first kappa shape index (κ1) is 24.2. The van der Waals surface area contributed by atoms with Crippen molar-refractivity contribution in [2.75, 3.05) is 0 Å². The van der Waals surface area contributed by atoms with Crippen LogP contribution in [-0.2, 0) is 0 Å². The zero-order valence-electron chi connectivity index (χ0n) is 22.5. The molecule has 0 atom stereocenters. The van der Waals surface area contributed by atoms with E-state index in [0.717, 1.165) is 3.72 Å². The molecule has 42 heavy (non-hydrogen) atoms. The molecule has 0 saturated carbocycles. The molecule has 7 aromatic rings. The predicted molar refractivity (Wildman–Crippen MR) is 189 cm³/mol. The first-order valence-corrected chi connectivity index (χ1v) is 18.2. The van der Waals surface area contributed by atoms with Gasteiger partial charge in [-0.1, -0.05) is 0 Å². The minimum atomic E-state index is -2.01. The van der Waals surface area contributed by atoms with Crippen molar-refractivity contribution in [3.8, 4) is 11.1 Å². The fourth-order valence-electron chi connectivity index (χ4n) is 6.19. The van der Waals surface area contributed by atoms with Crippen LogP contribution in [-0.4, -0.2) is 7.44 Å². The second-order valence-electron chi connectivity index (χ2n) is 10.5. The van der Waals surface area contributed by atoms with Gasteiger partial charge in [-0.15, -0.1) is 0 Å². The van der Waals surface area contributed by atoms with Gasteiger partial charge in [-0.25, -0.2) is 0 Å². The van der Waals surface area contributed by atoms with Crippen LogP contribution in [0.3, 0.4) is 0 Å². The number of nitrogens with zero attached hydrogens (tertiary/aromatic N) is 2. The van der Waals surface area contributed by atoms with Gasteiger partial charge >= 0.3 is 256 Å².